The van der Waals surface area contributed by atoms with E-state index in [9.17, 15) is 4.79 Å². The van der Waals surface area contributed by atoms with E-state index in [1.54, 1.807) is 6.07 Å². The molecule has 2 aromatic rings. The van der Waals surface area contributed by atoms with Crippen LogP contribution < -0.4 is 5.73 Å². The lowest BCUT2D eigenvalue weighted by molar-refractivity contribution is 0.0603. The Morgan fingerprint density at radius 2 is 2.31 bits per heavy atom. The Bertz CT molecular complexity index is 553. The highest BCUT2D eigenvalue weighted by Crippen LogP contribution is 2.29. The molecule has 0 saturated heterocycles. The molecule has 1 aromatic heterocycles. The number of hydrogen-bond donors (Lipinski definition) is 1. The molecule has 1 heterocycles. The zero-order valence-corrected chi connectivity index (χ0v) is 11.4. The molecule has 0 aliphatic heterocycles. The summed E-state index contributed by atoms with van der Waals surface area (Å²) < 4.78 is 6.67. The Labute approximate surface area is 109 Å². The molecule has 0 fully saturated rings. The van der Waals surface area contributed by atoms with Crippen LogP contribution in [0.4, 0.5) is 5.69 Å². The molecule has 0 bridgehead atoms. The first-order valence-corrected chi connectivity index (χ1v) is 7.77. The van der Waals surface area contributed by atoms with Crippen molar-refractivity contribution in [3.05, 3.63) is 30.0 Å². The van der Waals surface area contributed by atoms with Crippen molar-refractivity contribution in [2.45, 2.75) is 0 Å². The Morgan fingerprint density at radius 1 is 1.56 bits per heavy atom. The van der Waals surface area contributed by atoms with Gasteiger partial charge in [-0.25, -0.2) is 4.79 Å². The second-order valence-electron chi connectivity index (χ2n) is 3.20. The molecule has 0 aliphatic carbocycles. The number of rotatable bonds is 2. The van der Waals surface area contributed by atoms with E-state index in [2.05, 4.69) is 21.2 Å². The van der Waals surface area contributed by atoms with Crippen molar-refractivity contribution < 1.29 is 9.53 Å². The van der Waals surface area contributed by atoms with Crippen LogP contribution in [0.3, 0.4) is 0 Å². The molecule has 0 aliphatic rings. The second kappa shape index (κ2) is 4.54. The molecular formula is C10H9IN2O2S. The maximum atomic E-state index is 11.6. The lowest BCUT2D eigenvalue weighted by Gasteiger charge is -2.04. The van der Waals surface area contributed by atoms with Gasteiger partial charge in [0.15, 0.2) is 0 Å². The summed E-state index contributed by atoms with van der Waals surface area (Å²) in [5, 5.41) is 0.852. The van der Waals surface area contributed by atoms with E-state index >= 15 is 0 Å². The van der Waals surface area contributed by atoms with Gasteiger partial charge < -0.3 is 10.5 Å². The minimum absolute atomic E-state index is 0.367. The van der Waals surface area contributed by atoms with Crippen LogP contribution in [0.5, 0.6) is 0 Å². The largest absolute Gasteiger partial charge is 0.465 e. The number of nitrogen functional groups attached to an aromatic ring is 1. The molecule has 4 nitrogen and oxygen atoms in total. The summed E-state index contributed by atoms with van der Waals surface area (Å²) in [6.07, 6.45) is 1.90. The lowest BCUT2D eigenvalue weighted by atomic mass is 10.1. The van der Waals surface area contributed by atoms with Crippen LogP contribution in [0, 0.1) is 0 Å². The van der Waals surface area contributed by atoms with Gasteiger partial charge in [-0.05, 0) is 18.2 Å². The number of fused-ring (bicyclic) bond motifs is 1. The summed E-state index contributed by atoms with van der Waals surface area (Å²) in [6.45, 7) is 0. The molecule has 84 valence electrons. The maximum absolute atomic E-state index is 11.6. The molecule has 0 atom stereocenters. The fourth-order valence-electron chi connectivity index (χ4n) is 1.58. The number of ether oxygens (including phenoxy) is 1. The first-order chi connectivity index (χ1) is 7.67. The van der Waals surface area contributed by atoms with E-state index in [0.717, 1.165) is 10.9 Å². The van der Waals surface area contributed by atoms with Crippen molar-refractivity contribution in [1.82, 2.24) is 3.97 Å². The third-order valence-electron chi connectivity index (χ3n) is 2.27. The van der Waals surface area contributed by atoms with Gasteiger partial charge in [-0.3, -0.25) is 3.97 Å². The SMILES string of the molecule is COC(=O)c1cc(N)cc2c1ccn2SI. The first kappa shape index (κ1) is 11.6. The van der Waals surface area contributed by atoms with E-state index < -0.39 is 0 Å². The average molecular weight is 348 g/mol. The molecule has 0 saturated carbocycles. The predicted octanol–water partition coefficient (Wildman–Crippen LogP) is 2.86. The van der Waals surface area contributed by atoms with E-state index in [4.69, 9.17) is 10.5 Å². The predicted molar refractivity (Wildman–Crippen MR) is 74.7 cm³/mol. The van der Waals surface area contributed by atoms with Gasteiger partial charge in [0, 0.05) is 47.6 Å². The molecule has 0 unspecified atom stereocenters. The van der Waals surface area contributed by atoms with E-state index in [-0.39, 0.29) is 5.97 Å². The lowest BCUT2D eigenvalue weighted by Crippen LogP contribution is -2.03. The third-order valence-corrected chi connectivity index (χ3v) is 4.01. The van der Waals surface area contributed by atoms with Gasteiger partial charge in [0.2, 0.25) is 0 Å². The van der Waals surface area contributed by atoms with Gasteiger partial charge in [0.25, 0.3) is 0 Å². The number of esters is 1. The fourth-order valence-corrected chi connectivity index (χ4v) is 2.94. The zero-order valence-electron chi connectivity index (χ0n) is 8.44. The number of anilines is 1. The summed E-state index contributed by atoms with van der Waals surface area (Å²) in [6, 6.07) is 5.36. The van der Waals surface area contributed by atoms with Crippen molar-refractivity contribution in [1.29, 1.82) is 0 Å². The number of hydrogen-bond acceptors (Lipinski definition) is 4. The number of carbonyl (C=O) groups is 1. The third kappa shape index (κ3) is 1.86. The van der Waals surface area contributed by atoms with Crippen LogP contribution in [0.25, 0.3) is 10.9 Å². The highest BCUT2D eigenvalue weighted by Gasteiger charge is 2.13. The van der Waals surface area contributed by atoms with Crippen LogP contribution in [-0.4, -0.2) is 17.1 Å². The van der Waals surface area contributed by atoms with Gasteiger partial charge in [-0.15, -0.1) is 0 Å². The number of benzene rings is 1. The topological polar surface area (TPSA) is 57.2 Å². The van der Waals surface area contributed by atoms with Crippen molar-refractivity contribution >= 4 is 52.9 Å². The van der Waals surface area contributed by atoms with Crippen LogP contribution in [0.1, 0.15) is 10.4 Å². The van der Waals surface area contributed by atoms with Gasteiger partial charge >= 0.3 is 5.97 Å². The minimum Gasteiger partial charge on any atom is -0.465 e. The number of nitrogens with two attached hydrogens (primary N) is 1. The van der Waals surface area contributed by atoms with Gasteiger partial charge in [-0.2, -0.15) is 0 Å². The van der Waals surface area contributed by atoms with Crippen LogP contribution in [-0.2, 0) is 4.74 Å². The quantitative estimate of drug-likeness (QED) is 0.515. The molecule has 0 radical (unpaired) electrons. The number of nitrogens with zero attached hydrogens (tertiary/aromatic N) is 1. The number of aromatic nitrogens is 1. The highest BCUT2D eigenvalue weighted by atomic mass is 127. The van der Waals surface area contributed by atoms with E-state index in [0.29, 0.717) is 11.3 Å². The Kier molecular flexibility index (Phi) is 3.29. The summed E-state index contributed by atoms with van der Waals surface area (Å²) >= 11 is 2.17. The highest BCUT2D eigenvalue weighted by molar-refractivity contribution is 14.2. The summed E-state index contributed by atoms with van der Waals surface area (Å²) in [7, 11) is 2.88. The van der Waals surface area contributed by atoms with Crippen molar-refractivity contribution in [2.24, 2.45) is 0 Å². The summed E-state index contributed by atoms with van der Waals surface area (Å²) in [4.78, 5) is 11.6. The average Bonchev–Trinajstić information content (AvgIpc) is 2.69. The number of halogens is 1. The first-order valence-electron chi connectivity index (χ1n) is 4.45. The van der Waals surface area contributed by atoms with Crippen LogP contribution in [0.2, 0.25) is 0 Å². The van der Waals surface area contributed by atoms with Gasteiger partial charge in [0.05, 0.1) is 18.2 Å². The molecule has 6 heteroatoms. The Balaban J connectivity index is 2.74. The zero-order chi connectivity index (χ0) is 11.7. The van der Waals surface area contributed by atoms with Crippen molar-refractivity contribution in [3.8, 4) is 0 Å². The normalized spacial score (nSPS) is 10.6. The fraction of sp³-hybridized carbons (Fsp3) is 0.100. The molecule has 0 spiro atoms. The summed E-state index contributed by atoms with van der Waals surface area (Å²) in [5.41, 5.74) is 7.74. The summed E-state index contributed by atoms with van der Waals surface area (Å²) in [5.74, 6) is -0.367. The van der Waals surface area contributed by atoms with Gasteiger partial charge in [0.1, 0.15) is 0 Å². The molecule has 16 heavy (non-hydrogen) atoms. The molecule has 2 rings (SSSR count). The van der Waals surface area contributed by atoms with E-state index in [1.807, 2.05) is 22.3 Å². The van der Waals surface area contributed by atoms with Crippen LogP contribution >= 0.6 is 30.3 Å². The monoisotopic (exact) mass is 348 g/mol. The second-order valence-corrected chi connectivity index (χ2v) is 4.92. The minimum atomic E-state index is -0.367. The number of carbonyl (C=O) groups excluding carboxylic acids is 1. The maximum Gasteiger partial charge on any atom is 0.338 e. The molecule has 1 aromatic carbocycles. The Morgan fingerprint density at radius 3 is 2.94 bits per heavy atom. The number of methoxy groups -OCH3 is 1. The van der Waals surface area contributed by atoms with Crippen molar-refractivity contribution in [2.75, 3.05) is 12.8 Å². The standard InChI is InChI=1S/C10H9IN2O2S/c1-15-10(14)8-4-6(12)5-9-7(8)2-3-13(9)16-11/h2-5H,12H2,1H3. The molecule has 0 amide bonds. The molecule has 2 N–H and O–H groups in total. The van der Waals surface area contributed by atoms with Gasteiger partial charge in [-0.1, -0.05) is 0 Å². The smallest absolute Gasteiger partial charge is 0.338 e. The Hall–Kier alpha value is -0.890. The molecular weight excluding hydrogens is 339 g/mol. The van der Waals surface area contributed by atoms with Crippen molar-refractivity contribution in [3.63, 3.8) is 0 Å². The van der Waals surface area contributed by atoms with E-state index in [1.165, 1.54) is 16.2 Å². The van der Waals surface area contributed by atoms with Crippen LogP contribution in [0.15, 0.2) is 24.4 Å².